The van der Waals surface area contributed by atoms with E-state index in [0.717, 1.165) is 23.7 Å². The van der Waals surface area contributed by atoms with Crippen molar-refractivity contribution in [3.63, 3.8) is 0 Å². The number of alkyl halides is 2. The summed E-state index contributed by atoms with van der Waals surface area (Å²) in [6.07, 6.45) is 9.10. The van der Waals surface area contributed by atoms with Crippen LogP contribution >= 0.6 is 11.6 Å². The van der Waals surface area contributed by atoms with Gasteiger partial charge < -0.3 is 14.8 Å². The van der Waals surface area contributed by atoms with Crippen LogP contribution in [-0.4, -0.2) is 12.8 Å². The first-order valence-corrected chi connectivity index (χ1v) is 9.77. The molecule has 1 unspecified atom stereocenters. The van der Waals surface area contributed by atoms with Crippen LogP contribution in [0.25, 0.3) is 5.57 Å². The first kappa shape index (κ1) is 19.1. The monoisotopic (exact) mass is 405 g/mol. The summed E-state index contributed by atoms with van der Waals surface area (Å²) in [5.74, 6) is 2.00. The maximum Gasteiger partial charge on any atom is 0.586 e. The molecule has 3 aliphatic rings. The van der Waals surface area contributed by atoms with Gasteiger partial charge in [0, 0.05) is 23.9 Å². The van der Waals surface area contributed by atoms with Crippen LogP contribution in [0.4, 0.5) is 8.78 Å². The van der Waals surface area contributed by atoms with Crippen LogP contribution in [0.3, 0.4) is 0 Å². The predicted octanol–water partition coefficient (Wildman–Crippen LogP) is 5.94. The van der Waals surface area contributed by atoms with Gasteiger partial charge in [-0.15, -0.1) is 8.78 Å². The van der Waals surface area contributed by atoms with Gasteiger partial charge in [0.15, 0.2) is 11.5 Å². The van der Waals surface area contributed by atoms with Crippen LogP contribution in [0.5, 0.6) is 11.5 Å². The Kier molecular flexibility index (Phi) is 4.96. The van der Waals surface area contributed by atoms with Gasteiger partial charge in [-0.2, -0.15) is 0 Å². The maximum atomic E-state index is 13.3. The molecule has 1 aliphatic heterocycles. The van der Waals surface area contributed by atoms with Crippen molar-refractivity contribution in [2.24, 2.45) is 17.8 Å². The van der Waals surface area contributed by atoms with Crippen molar-refractivity contribution < 1.29 is 18.3 Å². The zero-order valence-electron chi connectivity index (χ0n) is 15.6. The fraction of sp³-hybridized carbons (Fsp3) is 0.364. The molecule has 1 fully saturated rings. The van der Waals surface area contributed by atoms with Crippen molar-refractivity contribution >= 4 is 17.2 Å². The van der Waals surface area contributed by atoms with Gasteiger partial charge in [-0.05, 0) is 55.2 Å². The molecule has 1 saturated carbocycles. The maximum absolute atomic E-state index is 13.3. The molecule has 0 aromatic heterocycles. The highest BCUT2D eigenvalue weighted by atomic mass is 35.5. The van der Waals surface area contributed by atoms with Crippen molar-refractivity contribution in [3.05, 3.63) is 65.4 Å². The topological polar surface area (TPSA) is 30.5 Å². The number of rotatable bonds is 6. The van der Waals surface area contributed by atoms with E-state index in [-0.39, 0.29) is 11.5 Å². The molecule has 0 amide bonds. The summed E-state index contributed by atoms with van der Waals surface area (Å²) < 4.78 is 35.5. The molecule has 148 valence electrons. The summed E-state index contributed by atoms with van der Waals surface area (Å²) >= 11 is 6.27. The van der Waals surface area contributed by atoms with Crippen LogP contribution in [0.1, 0.15) is 25.3 Å². The van der Waals surface area contributed by atoms with E-state index in [0.29, 0.717) is 22.4 Å². The van der Waals surface area contributed by atoms with Gasteiger partial charge in [0.05, 0.1) is 5.02 Å². The summed E-state index contributed by atoms with van der Waals surface area (Å²) in [5.41, 5.74) is 2.17. The summed E-state index contributed by atoms with van der Waals surface area (Å²) in [7, 11) is 0. The lowest BCUT2D eigenvalue weighted by Gasteiger charge is -2.19. The minimum atomic E-state index is -3.66. The van der Waals surface area contributed by atoms with Crippen LogP contribution in [-0.2, 0) is 0 Å². The van der Waals surface area contributed by atoms with Crippen molar-refractivity contribution in [2.75, 3.05) is 6.54 Å². The lowest BCUT2D eigenvalue weighted by Crippen LogP contribution is -2.25. The molecule has 0 radical (unpaired) electrons. The fourth-order valence-corrected chi connectivity index (χ4v) is 4.44. The fourth-order valence-electron chi connectivity index (χ4n) is 4.18. The van der Waals surface area contributed by atoms with Crippen LogP contribution in [0.2, 0.25) is 5.02 Å². The molecule has 2 bridgehead atoms. The second kappa shape index (κ2) is 7.28. The Morgan fingerprint density at radius 2 is 2.00 bits per heavy atom. The van der Waals surface area contributed by atoms with Gasteiger partial charge in [-0.1, -0.05) is 42.5 Å². The van der Waals surface area contributed by atoms with E-state index in [1.807, 2.05) is 25.2 Å². The Morgan fingerprint density at radius 1 is 1.25 bits per heavy atom. The normalized spacial score (nSPS) is 27.0. The molecule has 3 atom stereocenters. The number of hydrogen-bond acceptors (Lipinski definition) is 3. The number of fused-ring (bicyclic) bond motifs is 3. The van der Waals surface area contributed by atoms with E-state index in [9.17, 15) is 8.78 Å². The third-order valence-electron chi connectivity index (χ3n) is 5.58. The zero-order valence-corrected chi connectivity index (χ0v) is 16.3. The smallest absolute Gasteiger partial charge is 0.395 e. The minimum Gasteiger partial charge on any atom is -0.395 e. The molecule has 1 aromatic rings. The summed E-state index contributed by atoms with van der Waals surface area (Å²) in [6, 6.07) is 2.82. The highest BCUT2D eigenvalue weighted by Crippen LogP contribution is 2.45. The number of hydrogen-bond donors (Lipinski definition) is 1. The molecule has 6 heteroatoms. The van der Waals surface area contributed by atoms with E-state index < -0.39 is 6.29 Å². The Labute approximate surface area is 168 Å². The highest BCUT2D eigenvalue weighted by Gasteiger charge is 2.43. The Bertz CT molecular complexity index is 891. The lowest BCUT2D eigenvalue weighted by molar-refractivity contribution is -0.286. The van der Waals surface area contributed by atoms with Crippen molar-refractivity contribution in [2.45, 2.75) is 26.1 Å². The summed E-state index contributed by atoms with van der Waals surface area (Å²) in [4.78, 5) is 0. The molecule has 4 rings (SSSR count). The summed E-state index contributed by atoms with van der Waals surface area (Å²) in [5, 5.41) is 3.70. The quantitative estimate of drug-likeness (QED) is 0.469. The van der Waals surface area contributed by atoms with Gasteiger partial charge in [-0.25, -0.2) is 0 Å². The van der Waals surface area contributed by atoms with E-state index in [1.165, 1.54) is 25.0 Å². The Hall–Kier alpha value is -2.27. The highest BCUT2D eigenvalue weighted by molar-refractivity contribution is 6.32. The minimum absolute atomic E-state index is 0.0292. The molecule has 1 aromatic carbocycles. The second-order valence-electron chi connectivity index (χ2n) is 7.47. The average Bonchev–Trinajstić information content (AvgIpc) is 3.33. The van der Waals surface area contributed by atoms with Gasteiger partial charge in [0.2, 0.25) is 0 Å². The molecule has 0 spiro atoms. The molecule has 2 aliphatic carbocycles. The van der Waals surface area contributed by atoms with Gasteiger partial charge in [-0.3, -0.25) is 0 Å². The molecule has 28 heavy (non-hydrogen) atoms. The van der Waals surface area contributed by atoms with Crippen molar-refractivity contribution in [1.82, 2.24) is 5.32 Å². The van der Waals surface area contributed by atoms with Crippen molar-refractivity contribution in [3.8, 4) is 11.5 Å². The number of halogens is 3. The molecule has 0 saturated heterocycles. The average molecular weight is 406 g/mol. The number of allylic oxidation sites excluding steroid dienone is 6. The molecular weight excluding hydrogens is 384 g/mol. The first-order chi connectivity index (χ1) is 13.3. The van der Waals surface area contributed by atoms with Gasteiger partial charge in [0.25, 0.3) is 0 Å². The first-order valence-electron chi connectivity index (χ1n) is 9.40. The van der Waals surface area contributed by atoms with Gasteiger partial charge >= 0.3 is 6.29 Å². The van der Waals surface area contributed by atoms with E-state index in [1.54, 1.807) is 0 Å². The number of nitrogens with one attached hydrogen (secondary N) is 1. The largest absolute Gasteiger partial charge is 0.586 e. The predicted molar refractivity (Wildman–Crippen MR) is 106 cm³/mol. The SMILES string of the molecule is C=C(/C=C\C(=C/C)c1cc2c(cc1Cl)OC(F)(F)O2)NC[C@@H]1C[C@H]2C=CC1C2. The van der Waals surface area contributed by atoms with E-state index >= 15 is 0 Å². The van der Waals surface area contributed by atoms with Crippen LogP contribution in [0, 0.1) is 17.8 Å². The number of benzene rings is 1. The lowest BCUT2D eigenvalue weighted by atomic mass is 9.93. The standard InChI is InChI=1S/C22H22ClF2NO2/c1-3-15(18-10-20-21(11-19(18)23)28-22(24,25)27-20)6-4-13(2)26-12-17-9-14-5-7-16(17)8-14/h3-7,10-11,14,16-17,26H,2,8-9,12H2,1H3/b6-4-,15-3+/t14-,16?,17-/m0/s1. The third kappa shape index (κ3) is 3.81. The van der Waals surface area contributed by atoms with Crippen LogP contribution in [0.15, 0.2) is 54.8 Å². The molecular formula is C22H22ClF2NO2. The Balaban J connectivity index is 1.41. The molecule has 3 nitrogen and oxygen atoms in total. The molecule has 1 heterocycles. The van der Waals surface area contributed by atoms with E-state index in [2.05, 4.69) is 33.5 Å². The number of ether oxygens (including phenoxy) is 2. The summed E-state index contributed by atoms with van der Waals surface area (Å²) in [6.45, 7) is 6.81. The molecule has 1 N–H and O–H groups in total. The third-order valence-corrected chi connectivity index (χ3v) is 5.90. The second-order valence-corrected chi connectivity index (χ2v) is 7.88. The van der Waals surface area contributed by atoms with Gasteiger partial charge in [0.1, 0.15) is 0 Å². The Morgan fingerprint density at radius 3 is 2.64 bits per heavy atom. The zero-order chi connectivity index (χ0) is 19.9. The van der Waals surface area contributed by atoms with E-state index in [4.69, 9.17) is 11.6 Å². The van der Waals surface area contributed by atoms with Crippen molar-refractivity contribution in [1.29, 1.82) is 0 Å². The van der Waals surface area contributed by atoms with Crippen LogP contribution < -0.4 is 14.8 Å².